The van der Waals surface area contributed by atoms with E-state index in [0.717, 1.165) is 30.7 Å². The maximum atomic E-state index is 12.3. The molecular weight excluding hydrogens is 348 g/mol. The number of likely N-dealkylation sites (N-methyl/N-ethyl adjacent to an activating group) is 1. The second-order valence-electron chi connectivity index (χ2n) is 5.53. The number of nitrogens with one attached hydrogen (secondary N) is 1. The van der Waals surface area contributed by atoms with Gasteiger partial charge in [-0.2, -0.15) is 0 Å². The lowest BCUT2D eigenvalue weighted by molar-refractivity contribution is 0.530. The van der Waals surface area contributed by atoms with Crippen LogP contribution in [0.2, 0.25) is 0 Å². The van der Waals surface area contributed by atoms with Gasteiger partial charge < -0.3 is 0 Å². The molecule has 0 aliphatic heterocycles. The summed E-state index contributed by atoms with van der Waals surface area (Å²) < 4.78 is 52.1. The quantitative estimate of drug-likeness (QED) is 0.744. The van der Waals surface area contributed by atoms with Crippen molar-refractivity contribution in [2.45, 2.75) is 25.7 Å². The summed E-state index contributed by atoms with van der Waals surface area (Å²) in [6.07, 6.45) is 15.2. The molecule has 0 fully saturated rings. The molecule has 0 amide bonds. The van der Waals surface area contributed by atoms with Crippen molar-refractivity contribution in [3.63, 3.8) is 0 Å². The summed E-state index contributed by atoms with van der Waals surface area (Å²) in [6.45, 7) is 0. The molecule has 0 aromatic rings. The van der Waals surface area contributed by atoms with Gasteiger partial charge in [0.05, 0.1) is 5.75 Å². The fraction of sp³-hybridized carbons (Fsp3) is 0.375. The monoisotopic (exact) mass is 370 g/mol. The number of sulfonamides is 2. The second-order valence-corrected chi connectivity index (χ2v) is 9.14. The van der Waals surface area contributed by atoms with E-state index in [2.05, 4.69) is 4.72 Å². The predicted molar refractivity (Wildman–Crippen MR) is 95.7 cm³/mol. The summed E-state index contributed by atoms with van der Waals surface area (Å²) in [5.74, 6) is -0.380. The van der Waals surface area contributed by atoms with Gasteiger partial charge in [0.25, 0.3) is 10.0 Å². The molecule has 0 spiro atoms. The maximum Gasteiger partial charge on any atom is 0.254 e. The van der Waals surface area contributed by atoms with E-state index < -0.39 is 20.0 Å². The molecule has 1 N–H and O–H groups in total. The molecule has 8 heteroatoms. The van der Waals surface area contributed by atoms with Gasteiger partial charge in [-0.1, -0.05) is 30.4 Å². The average Bonchev–Trinajstić information content (AvgIpc) is 2.55. The minimum atomic E-state index is -3.70. The number of allylic oxidation sites excluding steroid dienone is 7. The van der Waals surface area contributed by atoms with Gasteiger partial charge >= 0.3 is 0 Å². The number of nitrogens with zero attached hydrogens (tertiary/aromatic N) is 1. The first-order chi connectivity index (χ1) is 11.3. The van der Waals surface area contributed by atoms with Crippen molar-refractivity contribution in [1.82, 2.24) is 9.03 Å². The predicted octanol–water partition coefficient (Wildman–Crippen LogP) is 2.15. The molecule has 0 unspecified atom stereocenters. The number of rotatable bonds is 7. The lowest BCUT2D eigenvalue weighted by atomic mass is 10.1. The first kappa shape index (κ1) is 18.5. The van der Waals surface area contributed by atoms with Gasteiger partial charge in [0.15, 0.2) is 0 Å². The molecule has 6 nitrogen and oxygen atoms in total. The Morgan fingerprint density at radius 3 is 2.58 bits per heavy atom. The molecule has 0 saturated carbocycles. The average molecular weight is 370 g/mol. The molecule has 0 bridgehead atoms. The highest BCUT2D eigenvalue weighted by Gasteiger charge is 2.18. The van der Waals surface area contributed by atoms with Crippen molar-refractivity contribution in [3.05, 3.63) is 59.3 Å². The van der Waals surface area contributed by atoms with Crippen LogP contribution in [0.15, 0.2) is 59.3 Å². The smallest absolute Gasteiger partial charge is 0.254 e. The highest BCUT2D eigenvalue weighted by Crippen LogP contribution is 2.16. The van der Waals surface area contributed by atoms with Crippen LogP contribution in [-0.2, 0) is 20.0 Å². The van der Waals surface area contributed by atoms with Crippen molar-refractivity contribution in [2.24, 2.45) is 0 Å². The highest BCUT2D eigenvalue weighted by atomic mass is 32.2. The van der Waals surface area contributed by atoms with Gasteiger partial charge in [0.2, 0.25) is 10.0 Å². The summed E-state index contributed by atoms with van der Waals surface area (Å²) in [5, 5.41) is 0.905. The summed E-state index contributed by atoms with van der Waals surface area (Å²) in [6, 6.07) is 0. The molecular formula is C16H22N2O4S2. The van der Waals surface area contributed by atoms with Crippen LogP contribution >= 0.6 is 0 Å². The Morgan fingerprint density at radius 2 is 1.96 bits per heavy atom. The third-order valence-corrected chi connectivity index (χ3v) is 6.38. The molecule has 0 saturated heterocycles. The third-order valence-electron chi connectivity index (χ3n) is 3.63. The van der Waals surface area contributed by atoms with E-state index >= 15 is 0 Å². The van der Waals surface area contributed by atoms with Crippen molar-refractivity contribution in [3.8, 4) is 0 Å². The standard InChI is InChI=1S/C16H22N2O4S2/c1-18(16-11-6-3-7-12-16)24(21,22)14-8-13-23(19,20)17-15-9-4-2-5-10-15/h2,4,6,8-9,11-13,17H,3,5,7,10,14H2,1H3/b13-8+. The topological polar surface area (TPSA) is 83.6 Å². The molecule has 2 aliphatic rings. The first-order valence-corrected chi connectivity index (χ1v) is 10.8. The van der Waals surface area contributed by atoms with Gasteiger partial charge in [0.1, 0.15) is 0 Å². The van der Waals surface area contributed by atoms with Crippen molar-refractivity contribution < 1.29 is 16.8 Å². The van der Waals surface area contributed by atoms with E-state index in [4.69, 9.17) is 0 Å². The minimum absolute atomic E-state index is 0.380. The normalized spacial score (nSPS) is 18.4. The number of hydrogen-bond acceptors (Lipinski definition) is 4. The molecule has 0 aromatic heterocycles. The Labute approximate surface area is 144 Å². The van der Waals surface area contributed by atoms with E-state index in [9.17, 15) is 16.8 Å². The van der Waals surface area contributed by atoms with Crippen molar-refractivity contribution in [1.29, 1.82) is 0 Å². The zero-order valence-electron chi connectivity index (χ0n) is 13.6. The van der Waals surface area contributed by atoms with E-state index in [0.29, 0.717) is 17.8 Å². The largest absolute Gasteiger partial charge is 0.284 e. The Kier molecular flexibility index (Phi) is 6.06. The van der Waals surface area contributed by atoms with Crippen LogP contribution < -0.4 is 4.72 Å². The van der Waals surface area contributed by atoms with Crippen LogP contribution in [0.3, 0.4) is 0 Å². The van der Waals surface area contributed by atoms with E-state index in [1.54, 1.807) is 18.2 Å². The fourth-order valence-electron chi connectivity index (χ4n) is 2.30. The van der Waals surface area contributed by atoms with Crippen LogP contribution in [0.1, 0.15) is 25.7 Å². The molecule has 24 heavy (non-hydrogen) atoms. The van der Waals surface area contributed by atoms with Crippen LogP contribution in [0.5, 0.6) is 0 Å². The SMILES string of the molecule is CN(C1=CCCC=C1)S(=O)(=O)C/C=C/S(=O)(=O)NC1=CC=CCC1. The Balaban J connectivity index is 1.98. The lowest BCUT2D eigenvalue weighted by Crippen LogP contribution is -2.28. The van der Waals surface area contributed by atoms with Gasteiger partial charge in [-0.3, -0.25) is 9.03 Å². The van der Waals surface area contributed by atoms with Crippen molar-refractivity contribution in [2.75, 3.05) is 12.8 Å². The van der Waals surface area contributed by atoms with Gasteiger partial charge in [-0.15, -0.1) is 0 Å². The van der Waals surface area contributed by atoms with Crippen LogP contribution in [0.25, 0.3) is 0 Å². The second kappa shape index (κ2) is 7.85. The molecule has 2 aliphatic carbocycles. The highest BCUT2D eigenvalue weighted by molar-refractivity contribution is 7.92. The minimum Gasteiger partial charge on any atom is -0.284 e. The van der Waals surface area contributed by atoms with Gasteiger partial charge in [-0.25, -0.2) is 16.8 Å². The first-order valence-electron chi connectivity index (χ1n) is 7.68. The van der Waals surface area contributed by atoms with Gasteiger partial charge in [0, 0.05) is 23.8 Å². The summed E-state index contributed by atoms with van der Waals surface area (Å²) in [7, 11) is -5.84. The fourth-order valence-corrected chi connectivity index (χ4v) is 4.39. The maximum absolute atomic E-state index is 12.3. The van der Waals surface area contributed by atoms with Crippen LogP contribution in [0.4, 0.5) is 0 Å². The van der Waals surface area contributed by atoms with E-state index in [-0.39, 0.29) is 5.75 Å². The van der Waals surface area contributed by atoms with Gasteiger partial charge in [-0.05, 0) is 37.8 Å². The molecule has 0 heterocycles. The Hall–Kier alpha value is -1.80. The molecule has 0 atom stereocenters. The third kappa shape index (κ3) is 5.38. The van der Waals surface area contributed by atoms with Crippen LogP contribution in [-0.4, -0.2) is 33.9 Å². The summed E-state index contributed by atoms with van der Waals surface area (Å²) >= 11 is 0. The Morgan fingerprint density at radius 1 is 1.17 bits per heavy atom. The zero-order valence-corrected chi connectivity index (χ0v) is 15.2. The molecule has 0 radical (unpaired) electrons. The van der Waals surface area contributed by atoms with Crippen LogP contribution in [0, 0.1) is 0 Å². The Bertz CT molecular complexity index is 816. The molecule has 132 valence electrons. The lowest BCUT2D eigenvalue weighted by Gasteiger charge is -2.21. The summed E-state index contributed by atoms with van der Waals surface area (Å²) in [5.41, 5.74) is 1.20. The summed E-state index contributed by atoms with van der Waals surface area (Å²) in [4.78, 5) is 0. The molecule has 2 rings (SSSR count). The molecule has 0 aromatic carbocycles. The van der Waals surface area contributed by atoms with E-state index in [1.165, 1.54) is 11.4 Å². The van der Waals surface area contributed by atoms with Crippen molar-refractivity contribution >= 4 is 20.0 Å². The number of hydrogen-bond donors (Lipinski definition) is 1. The van der Waals surface area contributed by atoms with E-state index in [1.807, 2.05) is 18.2 Å². The zero-order chi connectivity index (χ0) is 17.6.